The molecule has 10 heavy (non-hydrogen) atoms. The largest absolute Gasteiger partial charge is 0.314 e. The van der Waals surface area contributed by atoms with Crippen LogP contribution in [0.1, 0.15) is 5.69 Å². The van der Waals surface area contributed by atoms with Crippen LogP contribution in [-0.4, -0.2) is 4.98 Å². The molecule has 0 fully saturated rings. The highest BCUT2D eigenvalue weighted by Crippen LogP contribution is 2.05. The van der Waals surface area contributed by atoms with E-state index in [4.69, 9.17) is 5.26 Å². The van der Waals surface area contributed by atoms with Crippen molar-refractivity contribution in [3.05, 3.63) is 32.7 Å². The lowest BCUT2D eigenvalue weighted by molar-refractivity contribution is 1.18. The van der Waals surface area contributed by atoms with Gasteiger partial charge in [0.05, 0.1) is 0 Å². The summed E-state index contributed by atoms with van der Waals surface area (Å²) in [7, 11) is 0. The molecule has 0 unspecified atom stereocenters. The lowest BCUT2D eigenvalue weighted by Gasteiger charge is -1.88. The van der Waals surface area contributed by atoms with E-state index in [1.807, 2.05) is 6.07 Å². The third-order valence-electron chi connectivity index (χ3n) is 0.930. The van der Waals surface area contributed by atoms with Crippen molar-refractivity contribution in [2.24, 2.45) is 0 Å². The molecule has 1 aromatic rings. The average Bonchev–Trinajstić information content (AvgIpc) is 1.85. The number of hydrogen-bond acceptors (Lipinski definition) is 2. The van der Waals surface area contributed by atoms with Gasteiger partial charge in [-0.25, -0.2) is 0 Å². The molecule has 1 rings (SSSR count). The predicted octanol–water partition coefficient (Wildman–Crippen LogP) is 1.01. The third-order valence-corrected chi connectivity index (χ3v) is 1.39. The van der Waals surface area contributed by atoms with Crippen LogP contribution in [0.3, 0.4) is 0 Å². The van der Waals surface area contributed by atoms with Crippen LogP contribution >= 0.6 is 15.9 Å². The first-order valence-corrected chi connectivity index (χ1v) is 3.31. The molecule has 4 heteroatoms. The van der Waals surface area contributed by atoms with Gasteiger partial charge in [0.25, 0.3) is 0 Å². The van der Waals surface area contributed by atoms with Crippen molar-refractivity contribution in [2.45, 2.75) is 0 Å². The van der Waals surface area contributed by atoms with E-state index in [-0.39, 0.29) is 11.3 Å². The molecular formula is C6H3BrN2O. The van der Waals surface area contributed by atoms with Gasteiger partial charge in [-0.3, -0.25) is 4.79 Å². The molecule has 0 saturated carbocycles. The van der Waals surface area contributed by atoms with Crippen LogP contribution in [0.25, 0.3) is 0 Å². The van der Waals surface area contributed by atoms with Crippen molar-refractivity contribution < 1.29 is 0 Å². The standard InChI is InChI=1S/C6H3BrN2O/c7-4-1-5(3-8)9-6(10)2-4/h1-2H,(H,9,10). The van der Waals surface area contributed by atoms with E-state index in [1.54, 1.807) is 6.07 Å². The molecule has 1 heterocycles. The number of nitrogens with zero attached hydrogens (tertiary/aromatic N) is 1. The zero-order valence-electron chi connectivity index (χ0n) is 4.89. The number of aromatic nitrogens is 1. The molecule has 0 saturated heterocycles. The van der Waals surface area contributed by atoms with Crippen LogP contribution in [-0.2, 0) is 0 Å². The van der Waals surface area contributed by atoms with Crippen LogP contribution in [0.4, 0.5) is 0 Å². The van der Waals surface area contributed by atoms with Gasteiger partial charge in [-0.1, -0.05) is 15.9 Å². The van der Waals surface area contributed by atoms with E-state index in [9.17, 15) is 4.79 Å². The molecule has 0 aromatic carbocycles. The Morgan fingerprint density at radius 2 is 2.30 bits per heavy atom. The monoisotopic (exact) mass is 198 g/mol. The first-order chi connectivity index (χ1) is 4.72. The fraction of sp³-hybridized carbons (Fsp3) is 0. The maximum absolute atomic E-state index is 10.6. The fourth-order valence-corrected chi connectivity index (χ4v) is 1.01. The van der Waals surface area contributed by atoms with Crippen molar-refractivity contribution in [3.63, 3.8) is 0 Å². The first kappa shape index (κ1) is 7.03. The summed E-state index contributed by atoms with van der Waals surface area (Å²) in [6.45, 7) is 0. The second-order valence-corrected chi connectivity index (χ2v) is 2.60. The summed E-state index contributed by atoms with van der Waals surface area (Å²) >= 11 is 3.08. The van der Waals surface area contributed by atoms with Gasteiger partial charge >= 0.3 is 0 Å². The molecule has 1 aromatic heterocycles. The molecule has 1 N–H and O–H groups in total. The number of nitriles is 1. The third kappa shape index (κ3) is 1.45. The second kappa shape index (κ2) is 2.67. The Kier molecular flexibility index (Phi) is 1.88. The summed E-state index contributed by atoms with van der Waals surface area (Å²) in [5.41, 5.74) is -0.00898. The van der Waals surface area contributed by atoms with E-state index in [0.717, 1.165) is 0 Å². The van der Waals surface area contributed by atoms with Crippen molar-refractivity contribution in [2.75, 3.05) is 0 Å². The molecule has 0 spiro atoms. The molecule has 3 nitrogen and oxygen atoms in total. The normalized spacial score (nSPS) is 8.80. The van der Waals surface area contributed by atoms with Gasteiger partial charge in [0.15, 0.2) is 0 Å². The second-order valence-electron chi connectivity index (χ2n) is 1.69. The number of nitrogens with one attached hydrogen (secondary N) is 1. The quantitative estimate of drug-likeness (QED) is 0.677. The number of pyridine rings is 1. The van der Waals surface area contributed by atoms with Crippen molar-refractivity contribution in [3.8, 4) is 6.07 Å². The Balaban J connectivity index is 3.36. The topological polar surface area (TPSA) is 56.6 Å². The maximum atomic E-state index is 10.6. The minimum absolute atomic E-state index is 0.263. The minimum Gasteiger partial charge on any atom is -0.314 e. The van der Waals surface area contributed by atoms with Crippen molar-refractivity contribution in [1.29, 1.82) is 5.26 Å². The van der Waals surface area contributed by atoms with E-state index < -0.39 is 0 Å². The lowest BCUT2D eigenvalue weighted by atomic mass is 10.4. The van der Waals surface area contributed by atoms with Gasteiger partial charge in [0.2, 0.25) is 5.56 Å². The predicted molar refractivity (Wildman–Crippen MR) is 39.5 cm³/mol. The lowest BCUT2D eigenvalue weighted by Crippen LogP contribution is -2.04. The molecule has 50 valence electrons. The first-order valence-electron chi connectivity index (χ1n) is 2.52. The van der Waals surface area contributed by atoms with Crippen LogP contribution in [0.5, 0.6) is 0 Å². The SMILES string of the molecule is N#Cc1cc(Br)cc(=O)[nH]1. The van der Waals surface area contributed by atoms with E-state index >= 15 is 0 Å². The zero-order chi connectivity index (χ0) is 7.56. The highest BCUT2D eigenvalue weighted by atomic mass is 79.9. The van der Waals surface area contributed by atoms with Gasteiger partial charge in [0.1, 0.15) is 11.8 Å². The van der Waals surface area contributed by atoms with Gasteiger partial charge in [-0.15, -0.1) is 0 Å². The van der Waals surface area contributed by atoms with Crippen molar-refractivity contribution in [1.82, 2.24) is 4.98 Å². The Morgan fingerprint density at radius 3 is 2.80 bits per heavy atom. The zero-order valence-corrected chi connectivity index (χ0v) is 6.47. The highest BCUT2D eigenvalue weighted by Gasteiger charge is 1.92. The van der Waals surface area contributed by atoms with Crippen LogP contribution in [0, 0.1) is 11.3 Å². The summed E-state index contributed by atoms with van der Waals surface area (Å²) in [4.78, 5) is 13.0. The summed E-state index contributed by atoms with van der Waals surface area (Å²) < 4.78 is 0.618. The smallest absolute Gasteiger partial charge is 0.250 e. The molecule has 0 aliphatic rings. The number of rotatable bonds is 0. The van der Waals surface area contributed by atoms with Crippen LogP contribution in [0.2, 0.25) is 0 Å². The summed E-state index contributed by atoms with van der Waals surface area (Å²) in [6, 6.07) is 4.73. The van der Waals surface area contributed by atoms with E-state index in [1.165, 1.54) is 6.07 Å². The van der Waals surface area contributed by atoms with Crippen LogP contribution in [0.15, 0.2) is 21.4 Å². The average molecular weight is 199 g/mol. The van der Waals surface area contributed by atoms with Crippen molar-refractivity contribution >= 4 is 15.9 Å². The van der Waals surface area contributed by atoms with Crippen LogP contribution < -0.4 is 5.56 Å². The molecule has 0 amide bonds. The number of hydrogen-bond donors (Lipinski definition) is 1. The molecule has 0 radical (unpaired) electrons. The molecule has 0 aliphatic carbocycles. The summed E-state index contributed by atoms with van der Waals surface area (Å²) in [6.07, 6.45) is 0. The Bertz CT molecular complexity index is 336. The number of H-pyrrole nitrogens is 1. The molecular weight excluding hydrogens is 196 g/mol. The number of halogens is 1. The minimum atomic E-state index is -0.272. The Hall–Kier alpha value is -1.08. The van der Waals surface area contributed by atoms with E-state index in [0.29, 0.717) is 4.47 Å². The Morgan fingerprint density at radius 1 is 1.60 bits per heavy atom. The molecule has 0 atom stereocenters. The van der Waals surface area contributed by atoms with E-state index in [2.05, 4.69) is 20.9 Å². The summed E-state index contributed by atoms with van der Waals surface area (Å²) in [5.74, 6) is 0. The highest BCUT2D eigenvalue weighted by molar-refractivity contribution is 9.10. The summed E-state index contributed by atoms with van der Waals surface area (Å²) in [5, 5.41) is 8.35. The fourth-order valence-electron chi connectivity index (χ4n) is 0.570. The van der Waals surface area contributed by atoms with Gasteiger partial charge < -0.3 is 4.98 Å². The van der Waals surface area contributed by atoms with Gasteiger partial charge in [-0.05, 0) is 6.07 Å². The number of aromatic amines is 1. The maximum Gasteiger partial charge on any atom is 0.250 e. The Labute approximate surface area is 65.4 Å². The van der Waals surface area contributed by atoms with Gasteiger partial charge in [0, 0.05) is 10.5 Å². The van der Waals surface area contributed by atoms with Gasteiger partial charge in [-0.2, -0.15) is 5.26 Å². The molecule has 0 aliphatic heterocycles. The molecule has 0 bridgehead atoms.